The lowest BCUT2D eigenvalue weighted by Gasteiger charge is -2.21. The number of amides is 2. The Morgan fingerprint density at radius 1 is 1.73 bits per heavy atom. The summed E-state index contributed by atoms with van der Waals surface area (Å²) in [4.78, 5) is 24.2. The van der Waals surface area contributed by atoms with Gasteiger partial charge >= 0.3 is 0 Å². The van der Waals surface area contributed by atoms with Gasteiger partial charge in [0, 0.05) is 20.0 Å². The van der Waals surface area contributed by atoms with E-state index in [-0.39, 0.29) is 17.9 Å². The molecule has 0 aliphatic carbocycles. The third-order valence-electron chi connectivity index (χ3n) is 2.55. The first-order valence-corrected chi connectivity index (χ1v) is 5.23. The maximum absolute atomic E-state index is 11.7. The van der Waals surface area contributed by atoms with Crippen molar-refractivity contribution in [2.75, 3.05) is 13.6 Å². The summed E-state index contributed by atoms with van der Waals surface area (Å²) in [6.07, 6.45) is 1.17. The number of hydrogen-bond donors (Lipinski definition) is 2. The second kappa shape index (κ2) is 5.11. The molecule has 2 N–H and O–H groups in total. The van der Waals surface area contributed by atoms with Gasteiger partial charge in [0.25, 0.3) is 0 Å². The van der Waals surface area contributed by atoms with Crippen molar-refractivity contribution in [3.63, 3.8) is 0 Å². The molecule has 15 heavy (non-hydrogen) atoms. The van der Waals surface area contributed by atoms with E-state index < -0.39 is 6.10 Å². The van der Waals surface area contributed by atoms with Gasteiger partial charge in [0.05, 0.1) is 6.10 Å². The van der Waals surface area contributed by atoms with Gasteiger partial charge in [-0.05, 0) is 19.8 Å². The molecule has 2 amide bonds. The van der Waals surface area contributed by atoms with Crippen molar-refractivity contribution in [3.05, 3.63) is 0 Å². The summed E-state index contributed by atoms with van der Waals surface area (Å²) in [6.45, 7) is 2.21. The SMILES string of the molecule is CC(O)CCN(C)C(=O)C1CCC(=O)N1. The van der Waals surface area contributed by atoms with E-state index in [1.54, 1.807) is 18.9 Å². The number of likely N-dealkylation sites (N-methyl/N-ethyl adjacent to an activating group) is 1. The van der Waals surface area contributed by atoms with Crippen LogP contribution >= 0.6 is 0 Å². The predicted octanol–water partition coefficient (Wildman–Crippen LogP) is -0.506. The van der Waals surface area contributed by atoms with Gasteiger partial charge in [0.2, 0.25) is 11.8 Å². The molecule has 0 saturated carbocycles. The van der Waals surface area contributed by atoms with E-state index in [1.807, 2.05) is 0 Å². The number of nitrogens with zero attached hydrogens (tertiary/aromatic N) is 1. The Hall–Kier alpha value is -1.10. The molecule has 1 aliphatic heterocycles. The highest BCUT2D eigenvalue weighted by Gasteiger charge is 2.29. The maximum Gasteiger partial charge on any atom is 0.244 e. The third-order valence-corrected chi connectivity index (χ3v) is 2.55. The summed E-state index contributed by atoms with van der Waals surface area (Å²) in [6, 6.07) is -0.364. The molecular weight excluding hydrogens is 196 g/mol. The summed E-state index contributed by atoms with van der Waals surface area (Å²) in [5.74, 6) is -0.126. The number of carbonyl (C=O) groups excluding carboxylic acids is 2. The highest BCUT2D eigenvalue weighted by atomic mass is 16.3. The summed E-state index contributed by atoms with van der Waals surface area (Å²) in [7, 11) is 1.69. The third kappa shape index (κ3) is 3.51. The number of nitrogens with one attached hydrogen (secondary N) is 1. The average Bonchev–Trinajstić information content (AvgIpc) is 2.60. The molecular formula is C10H18N2O3. The lowest BCUT2D eigenvalue weighted by atomic mass is 10.2. The number of carbonyl (C=O) groups is 2. The van der Waals surface area contributed by atoms with Crippen molar-refractivity contribution in [2.24, 2.45) is 0 Å². The molecule has 0 spiro atoms. The van der Waals surface area contributed by atoms with Gasteiger partial charge in [0.15, 0.2) is 0 Å². The van der Waals surface area contributed by atoms with E-state index in [1.165, 1.54) is 0 Å². The van der Waals surface area contributed by atoms with Crippen LogP contribution in [0.4, 0.5) is 0 Å². The molecule has 0 aromatic rings. The van der Waals surface area contributed by atoms with Crippen molar-refractivity contribution in [3.8, 4) is 0 Å². The fourth-order valence-corrected chi connectivity index (χ4v) is 1.56. The lowest BCUT2D eigenvalue weighted by molar-refractivity contribution is -0.133. The fraction of sp³-hybridized carbons (Fsp3) is 0.800. The highest BCUT2D eigenvalue weighted by Crippen LogP contribution is 2.09. The van der Waals surface area contributed by atoms with Crippen LogP contribution in [0.25, 0.3) is 0 Å². The Labute approximate surface area is 89.4 Å². The maximum atomic E-state index is 11.7. The molecule has 86 valence electrons. The average molecular weight is 214 g/mol. The van der Waals surface area contributed by atoms with Crippen molar-refractivity contribution in [1.29, 1.82) is 0 Å². The quantitative estimate of drug-likeness (QED) is 0.662. The van der Waals surface area contributed by atoms with Crippen molar-refractivity contribution < 1.29 is 14.7 Å². The largest absolute Gasteiger partial charge is 0.393 e. The lowest BCUT2D eigenvalue weighted by Crippen LogP contribution is -2.43. The summed E-state index contributed by atoms with van der Waals surface area (Å²) < 4.78 is 0. The van der Waals surface area contributed by atoms with Crippen LogP contribution in [0.5, 0.6) is 0 Å². The molecule has 1 fully saturated rings. The van der Waals surface area contributed by atoms with Crippen molar-refractivity contribution in [2.45, 2.75) is 38.3 Å². The molecule has 5 nitrogen and oxygen atoms in total. The van der Waals surface area contributed by atoms with Gasteiger partial charge in [0.1, 0.15) is 6.04 Å². The van der Waals surface area contributed by atoms with E-state index in [9.17, 15) is 9.59 Å². The molecule has 0 radical (unpaired) electrons. The number of rotatable bonds is 4. The minimum Gasteiger partial charge on any atom is -0.393 e. The van der Waals surface area contributed by atoms with E-state index in [2.05, 4.69) is 5.32 Å². The second-order valence-electron chi connectivity index (χ2n) is 4.06. The number of aliphatic hydroxyl groups is 1. The zero-order chi connectivity index (χ0) is 11.4. The summed E-state index contributed by atoms with van der Waals surface area (Å²) in [5.41, 5.74) is 0. The molecule has 0 bridgehead atoms. The Balaban J connectivity index is 2.35. The predicted molar refractivity (Wildman–Crippen MR) is 55.1 cm³/mol. The summed E-state index contributed by atoms with van der Waals surface area (Å²) in [5, 5.41) is 11.7. The topological polar surface area (TPSA) is 69.6 Å². The van der Waals surface area contributed by atoms with Crippen LogP contribution in [-0.2, 0) is 9.59 Å². The first kappa shape index (κ1) is 12.0. The monoisotopic (exact) mass is 214 g/mol. The Bertz CT molecular complexity index is 253. The van der Waals surface area contributed by atoms with Gasteiger partial charge in [-0.15, -0.1) is 0 Å². The molecule has 2 unspecified atom stereocenters. The van der Waals surface area contributed by atoms with Gasteiger partial charge in [-0.2, -0.15) is 0 Å². The minimum absolute atomic E-state index is 0.0581. The van der Waals surface area contributed by atoms with Crippen LogP contribution in [0.3, 0.4) is 0 Å². The van der Waals surface area contributed by atoms with Crippen LogP contribution < -0.4 is 5.32 Å². The van der Waals surface area contributed by atoms with Crippen LogP contribution in [0.15, 0.2) is 0 Å². The first-order valence-electron chi connectivity index (χ1n) is 5.23. The molecule has 1 saturated heterocycles. The highest BCUT2D eigenvalue weighted by molar-refractivity contribution is 5.90. The normalized spacial score (nSPS) is 22.3. The molecule has 2 atom stereocenters. The van der Waals surface area contributed by atoms with Crippen molar-refractivity contribution in [1.82, 2.24) is 10.2 Å². The molecule has 1 aliphatic rings. The molecule has 5 heteroatoms. The van der Waals surface area contributed by atoms with E-state index in [0.717, 1.165) is 0 Å². The van der Waals surface area contributed by atoms with E-state index in [4.69, 9.17) is 5.11 Å². The van der Waals surface area contributed by atoms with Gasteiger partial charge in [-0.1, -0.05) is 0 Å². The van der Waals surface area contributed by atoms with Crippen LogP contribution in [0, 0.1) is 0 Å². The zero-order valence-corrected chi connectivity index (χ0v) is 9.19. The Morgan fingerprint density at radius 2 is 2.40 bits per heavy atom. The molecule has 0 aromatic carbocycles. The van der Waals surface area contributed by atoms with Crippen molar-refractivity contribution >= 4 is 11.8 Å². The zero-order valence-electron chi connectivity index (χ0n) is 9.19. The minimum atomic E-state index is -0.404. The summed E-state index contributed by atoms with van der Waals surface area (Å²) >= 11 is 0. The molecule has 1 rings (SSSR count). The van der Waals surface area contributed by atoms with Gasteiger partial charge in [-0.25, -0.2) is 0 Å². The fourth-order valence-electron chi connectivity index (χ4n) is 1.56. The Kier molecular flexibility index (Phi) is 4.08. The second-order valence-corrected chi connectivity index (χ2v) is 4.06. The number of hydrogen-bond acceptors (Lipinski definition) is 3. The smallest absolute Gasteiger partial charge is 0.244 e. The van der Waals surface area contributed by atoms with E-state index >= 15 is 0 Å². The standard InChI is InChI=1S/C10H18N2O3/c1-7(13)5-6-12(2)10(15)8-3-4-9(14)11-8/h7-8,13H,3-6H2,1-2H3,(H,11,14). The number of aliphatic hydroxyl groups excluding tert-OH is 1. The van der Waals surface area contributed by atoms with Gasteiger partial charge < -0.3 is 15.3 Å². The van der Waals surface area contributed by atoms with E-state index in [0.29, 0.717) is 25.8 Å². The Morgan fingerprint density at radius 3 is 2.87 bits per heavy atom. The first-order chi connectivity index (χ1) is 7.00. The van der Waals surface area contributed by atoms with Crippen LogP contribution in [0.1, 0.15) is 26.2 Å². The van der Waals surface area contributed by atoms with Crippen LogP contribution in [0.2, 0.25) is 0 Å². The van der Waals surface area contributed by atoms with Crippen LogP contribution in [-0.4, -0.2) is 47.6 Å². The van der Waals surface area contributed by atoms with Gasteiger partial charge in [-0.3, -0.25) is 9.59 Å². The molecule has 1 heterocycles. The molecule has 0 aromatic heterocycles.